The molecule has 0 aromatic heterocycles. The molecule has 46 heteroatoms. The van der Waals surface area contributed by atoms with Gasteiger partial charge in [0, 0.05) is 73.2 Å². The van der Waals surface area contributed by atoms with Gasteiger partial charge in [0.05, 0.1) is 88.1 Å². The highest BCUT2D eigenvalue weighted by Gasteiger charge is 2.56. The largest absolute Gasteiger partial charge is 0.481 e. The van der Waals surface area contributed by atoms with Crippen molar-refractivity contribution in [3.63, 3.8) is 0 Å². The van der Waals surface area contributed by atoms with Crippen molar-refractivity contribution in [2.75, 3.05) is 26.3 Å². The summed E-state index contributed by atoms with van der Waals surface area (Å²) in [6.45, 7) is -0.496. The fourth-order valence-corrected chi connectivity index (χ4v) is 19.9. The second kappa shape index (κ2) is 35.8. The van der Waals surface area contributed by atoms with Gasteiger partial charge in [0.1, 0.15) is 49.8 Å². The Morgan fingerprint density at radius 3 is 1.15 bits per heavy atom. The number of azo groups is 2. The lowest BCUT2D eigenvalue weighted by Crippen LogP contribution is -2.80. The van der Waals surface area contributed by atoms with E-state index in [0.717, 1.165) is 0 Å². The van der Waals surface area contributed by atoms with Gasteiger partial charge < -0.3 is 46.0 Å². The molecule has 9 fully saturated rings. The zero-order chi connectivity index (χ0) is 71.6. The molecule has 7 aliphatic carbocycles. The van der Waals surface area contributed by atoms with Gasteiger partial charge >= 0.3 is 29.8 Å². The average Bonchev–Trinajstić information content (AvgIpc) is 0.760. The maximum absolute atomic E-state index is 13.4. The summed E-state index contributed by atoms with van der Waals surface area (Å²) in [4.78, 5) is 61.5. The summed E-state index contributed by atoms with van der Waals surface area (Å²) in [6.07, 6.45) is -8.77. The van der Waals surface area contributed by atoms with Gasteiger partial charge in [-0.15, -0.1) is 8.67 Å². The minimum Gasteiger partial charge on any atom is -0.481 e. The van der Waals surface area contributed by atoms with E-state index in [-0.39, 0.29) is 116 Å². The van der Waals surface area contributed by atoms with Gasteiger partial charge in [-0.05, 0) is 108 Å². The molecule has 25 N–H and O–H groups in total. The van der Waals surface area contributed by atoms with Crippen molar-refractivity contribution < 1.29 is 125 Å². The third-order valence-corrected chi connectivity index (χ3v) is 25.0. The van der Waals surface area contributed by atoms with E-state index < -0.39 is 223 Å². The van der Waals surface area contributed by atoms with Gasteiger partial charge in [-0.25, -0.2) is 10.5 Å². The lowest BCUT2D eigenvalue weighted by molar-refractivity contribution is -0.432. The maximum Gasteiger partial charge on any atom is 0.308 e. The van der Waals surface area contributed by atoms with Crippen LogP contribution in [0.2, 0.25) is 0 Å². The van der Waals surface area contributed by atoms with Crippen molar-refractivity contribution in [2.45, 2.75) is 216 Å². The molecule has 2 heterocycles. The first-order valence-electron chi connectivity index (χ1n) is 32.8. The molecule has 7 saturated carbocycles. The fourth-order valence-electron chi connectivity index (χ4n) is 16.4. The third-order valence-electron chi connectivity index (χ3n) is 20.9. The Balaban J connectivity index is 0.890. The molecule has 0 amide bonds. The van der Waals surface area contributed by atoms with Crippen LogP contribution in [-0.4, -0.2) is 258 Å². The molecule has 99 heavy (non-hydrogen) atoms. The monoisotopic (exact) mass is 1500 g/mol. The molecule has 564 valence electrons. The number of aliphatic hydroxyl groups excluding tert-OH is 4. The number of carboxylic acid groups (broad SMARTS) is 5. The van der Waals surface area contributed by atoms with Crippen LogP contribution < -0.4 is 63.8 Å². The zero-order valence-corrected chi connectivity index (χ0v) is 56.5. The second-order valence-electron chi connectivity index (χ2n) is 27.1. The van der Waals surface area contributed by atoms with Crippen LogP contribution in [0.4, 0.5) is 0 Å². The predicted molar refractivity (Wildman–Crippen MR) is 338 cm³/mol. The SMILES string of the molecule is O=C(O)C1CC(N=NC2C(SOOO)CC3CC(S(=O)(=O)O)CC(NC4NC(NCCO)NC(NC5CCC(NC6NC(NCCO)NC(NC7CC(S(=O)(=O)O)CC8CC(SOOO)C(N=NC9CC(C(=O)O)CC(C(=O)O)C9)C(O)C87)N6)C(C(=O)O)C5)N4)C3C2O)CC(C(=O)O)C1. The zero-order valence-electron chi connectivity index (χ0n) is 53.2. The minimum atomic E-state index is -4.72. The summed E-state index contributed by atoms with van der Waals surface area (Å²) in [7, 11) is -9.43. The van der Waals surface area contributed by atoms with Crippen LogP contribution in [0, 0.1) is 53.3 Å². The van der Waals surface area contributed by atoms with E-state index in [2.05, 4.69) is 94.3 Å². The number of nitrogens with one attached hydrogen (secondary N) is 12. The molecule has 0 aromatic rings. The maximum atomic E-state index is 13.4. The van der Waals surface area contributed by atoms with Crippen molar-refractivity contribution in [2.24, 2.45) is 73.7 Å². The number of aliphatic carboxylic acids is 5. The van der Waals surface area contributed by atoms with E-state index in [1.165, 1.54) is 0 Å². The highest BCUT2D eigenvalue weighted by molar-refractivity contribution is 7.95. The van der Waals surface area contributed by atoms with Gasteiger partial charge in [-0.1, -0.05) is 10.1 Å². The number of carboxylic acids is 5. The molecular formula is C53H92N16O26S4. The molecule has 0 spiro atoms. The lowest BCUT2D eigenvalue weighted by Gasteiger charge is -2.51. The van der Waals surface area contributed by atoms with Crippen molar-refractivity contribution in [1.29, 1.82) is 0 Å². The summed E-state index contributed by atoms with van der Waals surface area (Å²) < 4.78 is 82.6. The molecule has 2 saturated heterocycles. The van der Waals surface area contributed by atoms with E-state index in [9.17, 15) is 95.9 Å². The second-order valence-corrected chi connectivity index (χ2v) is 32.4. The number of hydrogen-bond donors (Lipinski definition) is 25. The first-order valence-corrected chi connectivity index (χ1v) is 37.4. The van der Waals surface area contributed by atoms with E-state index in [1.807, 2.05) is 0 Å². The van der Waals surface area contributed by atoms with E-state index >= 15 is 0 Å². The number of aliphatic hydroxyl groups is 4. The Labute approximate surface area is 576 Å². The van der Waals surface area contributed by atoms with Crippen molar-refractivity contribution in [3.05, 3.63) is 0 Å². The number of fused-ring (bicyclic) bond motifs is 2. The molecule has 0 bridgehead atoms. The average molecular weight is 1500 g/mol. The van der Waals surface area contributed by atoms with Gasteiger partial charge in [0.15, 0.2) is 0 Å². The molecule has 0 radical (unpaired) electrons. The first-order chi connectivity index (χ1) is 47.0. The van der Waals surface area contributed by atoms with Crippen molar-refractivity contribution in [1.82, 2.24) is 63.8 Å². The molecule has 27 atom stereocenters. The highest BCUT2D eigenvalue weighted by atomic mass is 32.2. The molecule has 2 aliphatic heterocycles. The number of carbonyl (C=O) groups is 5. The number of nitrogens with zero attached hydrogens (tertiary/aromatic N) is 4. The number of rotatable bonds is 31. The Kier molecular flexibility index (Phi) is 28.7. The lowest BCUT2D eigenvalue weighted by atomic mass is 9.65. The van der Waals surface area contributed by atoms with Crippen LogP contribution in [0.1, 0.15) is 96.3 Å². The number of hydrogen-bond acceptors (Lipinski definition) is 37. The fraction of sp³-hybridized carbons (Fsp3) is 0.906. The predicted octanol–water partition coefficient (Wildman–Crippen LogP) is -4.35. The molecule has 9 rings (SSSR count). The van der Waals surface area contributed by atoms with Crippen molar-refractivity contribution >= 4 is 74.2 Å². The van der Waals surface area contributed by atoms with Crippen LogP contribution in [0.15, 0.2) is 20.5 Å². The molecule has 42 nitrogen and oxygen atoms in total. The topological polar surface area (TPSA) is 647 Å². The van der Waals surface area contributed by atoms with Crippen LogP contribution in [0.5, 0.6) is 0 Å². The normalized spacial score (nSPS) is 41.7. The Morgan fingerprint density at radius 2 is 0.808 bits per heavy atom. The van der Waals surface area contributed by atoms with Gasteiger partial charge in [-0.3, -0.25) is 96.9 Å². The van der Waals surface area contributed by atoms with E-state index in [0.29, 0.717) is 30.5 Å². The quantitative estimate of drug-likeness (QED) is 0.0103. The van der Waals surface area contributed by atoms with E-state index in [4.69, 9.17) is 19.2 Å². The van der Waals surface area contributed by atoms with Crippen LogP contribution in [0.3, 0.4) is 0 Å². The summed E-state index contributed by atoms with van der Waals surface area (Å²) in [5.41, 5.74) is 0. The van der Waals surface area contributed by atoms with Gasteiger partial charge in [-0.2, -0.15) is 37.3 Å². The first kappa shape index (κ1) is 79.3. The molecular weight excluding hydrogens is 1400 g/mol. The molecule has 9 aliphatic rings. The summed E-state index contributed by atoms with van der Waals surface area (Å²) >= 11 is 1.11. The van der Waals surface area contributed by atoms with Crippen LogP contribution >= 0.6 is 24.1 Å². The van der Waals surface area contributed by atoms with Gasteiger partial charge in [0.25, 0.3) is 20.2 Å². The summed E-state index contributed by atoms with van der Waals surface area (Å²) in [5, 5.41) is 173. The van der Waals surface area contributed by atoms with E-state index in [1.54, 1.807) is 0 Å². The Bertz CT molecular complexity index is 2980. The van der Waals surface area contributed by atoms with Crippen LogP contribution in [0.25, 0.3) is 0 Å². The smallest absolute Gasteiger partial charge is 0.308 e. The Hall–Kier alpha value is -3.81. The summed E-state index contributed by atoms with van der Waals surface area (Å²) in [5.74, 6) is -14.3. The minimum absolute atomic E-state index is 0.0316. The highest BCUT2D eigenvalue weighted by Crippen LogP contribution is 2.49. The third kappa shape index (κ3) is 21.0. The molecule has 27 unspecified atom stereocenters. The Morgan fingerprint density at radius 1 is 0.444 bits per heavy atom. The van der Waals surface area contributed by atoms with Crippen LogP contribution in [-0.2, 0) is 63.0 Å². The van der Waals surface area contributed by atoms with Gasteiger partial charge in [0.2, 0.25) is 0 Å². The van der Waals surface area contributed by atoms with Crippen molar-refractivity contribution in [3.8, 4) is 0 Å². The standard InChI is InChI=1S/C53H92N16O26S4/c70-5-3-54-48-60-50(64-52(62-48)58-33-18-29(98(86,87)88)13-20-15-35(96-94-92-84)39(41(72)37(20)33)68-66-27-9-22(43(74)75)7-23(10-27)44(76)77)56-26-1-2-32(31(17-26)47(82)83)57-51-61-49(55-4-6-71)63-53(65-51)59-34-19-30(99(89,90)91)14-21-16-36(97-95-93-85)40(42(73)38(21)34)69-67-28-11-24(45(78)79)8-25(12-28)46(80)81/h20-42,48-65,70-73,84-85H,1-19H2,(H,74,75)(H,76,77)(H,78,79)(H,80,81)(H,82,83)(H,86,87,88)(H,89,90,91). The summed E-state index contributed by atoms with van der Waals surface area (Å²) in [6, 6.07) is -7.27. The molecule has 0 aromatic carbocycles.